The summed E-state index contributed by atoms with van der Waals surface area (Å²) in [4.78, 5) is 12.8. The summed E-state index contributed by atoms with van der Waals surface area (Å²) in [5, 5.41) is 9.30. The first-order chi connectivity index (χ1) is 8.91. The standard InChI is InChI=1S/C14H20FNO3/c1-10(17)12-7-6-11(9-13(12)15)19-8-4-5-14(18)16(2)3/h6-7,9-10,17H,4-5,8H2,1-3H3/t10-/m0/s1. The van der Waals surface area contributed by atoms with Gasteiger partial charge in [-0.1, -0.05) is 0 Å². The third-order valence-electron chi connectivity index (χ3n) is 2.72. The zero-order valence-electron chi connectivity index (χ0n) is 11.5. The molecule has 106 valence electrons. The summed E-state index contributed by atoms with van der Waals surface area (Å²) in [6.07, 6.45) is 0.143. The van der Waals surface area contributed by atoms with Crippen molar-refractivity contribution in [3.05, 3.63) is 29.6 Å². The lowest BCUT2D eigenvalue weighted by molar-refractivity contribution is -0.128. The lowest BCUT2D eigenvalue weighted by Gasteiger charge is -2.11. The predicted molar refractivity (Wildman–Crippen MR) is 70.5 cm³/mol. The molecule has 1 amide bonds. The quantitative estimate of drug-likeness (QED) is 0.805. The topological polar surface area (TPSA) is 49.8 Å². The average Bonchev–Trinajstić information content (AvgIpc) is 2.33. The molecule has 1 rings (SSSR count). The highest BCUT2D eigenvalue weighted by molar-refractivity contribution is 5.75. The molecule has 0 saturated carbocycles. The molecule has 0 aliphatic carbocycles. The van der Waals surface area contributed by atoms with E-state index in [2.05, 4.69) is 0 Å². The Morgan fingerprint density at radius 3 is 2.68 bits per heavy atom. The molecule has 1 N–H and O–H groups in total. The van der Waals surface area contributed by atoms with Crippen LogP contribution in [0.15, 0.2) is 18.2 Å². The van der Waals surface area contributed by atoms with Gasteiger partial charge < -0.3 is 14.7 Å². The van der Waals surface area contributed by atoms with Crippen molar-refractivity contribution in [1.29, 1.82) is 0 Å². The van der Waals surface area contributed by atoms with Gasteiger partial charge in [-0.05, 0) is 25.5 Å². The van der Waals surface area contributed by atoms with E-state index >= 15 is 0 Å². The van der Waals surface area contributed by atoms with Gasteiger partial charge in [-0.3, -0.25) is 4.79 Å². The van der Waals surface area contributed by atoms with Crippen LogP contribution in [0.25, 0.3) is 0 Å². The van der Waals surface area contributed by atoms with Gasteiger partial charge in [0.1, 0.15) is 11.6 Å². The van der Waals surface area contributed by atoms with Crippen LogP contribution in [0.5, 0.6) is 5.75 Å². The molecule has 5 heteroatoms. The Morgan fingerprint density at radius 1 is 1.47 bits per heavy atom. The Balaban J connectivity index is 2.42. The van der Waals surface area contributed by atoms with Crippen LogP contribution in [0, 0.1) is 5.82 Å². The fourth-order valence-electron chi connectivity index (χ4n) is 1.57. The van der Waals surface area contributed by atoms with Crippen LogP contribution in [-0.2, 0) is 4.79 Å². The smallest absolute Gasteiger partial charge is 0.222 e. The zero-order chi connectivity index (χ0) is 14.4. The van der Waals surface area contributed by atoms with Crippen molar-refractivity contribution in [2.75, 3.05) is 20.7 Å². The van der Waals surface area contributed by atoms with Gasteiger partial charge in [-0.15, -0.1) is 0 Å². The summed E-state index contributed by atoms with van der Waals surface area (Å²) in [5.74, 6) is -0.0460. The maximum Gasteiger partial charge on any atom is 0.222 e. The SMILES string of the molecule is C[C@H](O)c1ccc(OCCCC(=O)N(C)C)cc1F. The molecule has 0 saturated heterocycles. The second-order valence-electron chi connectivity index (χ2n) is 4.60. The second-order valence-corrected chi connectivity index (χ2v) is 4.60. The van der Waals surface area contributed by atoms with Crippen molar-refractivity contribution in [3.63, 3.8) is 0 Å². The number of nitrogens with zero attached hydrogens (tertiary/aromatic N) is 1. The lowest BCUT2D eigenvalue weighted by atomic mass is 10.1. The van der Waals surface area contributed by atoms with Gasteiger partial charge in [0.05, 0.1) is 12.7 Å². The molecule has 4 nitrogen and oxygen atoms in total. The molecule has 0 aliphatic heterocycles. The Bertz CT molecular complexity index is 433. The molecule has 0 unspecified atom stereocenters. The number of hydrogen-bond acceptors (Lipinski definition) is 3. The lowest BCUT2D eigenvalue weighted by Crippen LogP contribution is -2.21. The molecular weight excluding hydrogens is 249 g/mol. The van der Waals surface area contributed by atoms with Crippen molar-refractivity contribution < 1.29 is 19.0 Å². The molecule has 0 fully saturated rings. The third-order valence-corrected chi connectivity index (χ3v) is 2.72. The van der Waals surface area contributed by atoms with Gasteiger partial charge in [-0.2, -0.15) is 0 Å². The highest BCUT2D eigenvalue weighted by Gasteiger charge is 2.09. The summed E-state index contributed by atoms with van der Waals surface area (Å²) in [5.41, 5.74) is 0.245. The van der Waals surface area contributed by atoms with Crippen molar-refractivity contribution in [3.8, 4) is 5.75 Å². The second kappa shape index (κ2) is 7.09. The molecule has 19 heavy (non-hydrogen) atoms. The number of ether oxygens (including phenoxy) is 1. The fourth-order valence-corrected chi connectivity index (χ4v) is 1.57. The van der Waals surface area contributed by atoms with Crippen LogP contribution in [0.4, 0.5) is 4.39 Å². The number of amides is 1. The van der Waals surface area contributed by atoms with E-state index in [-0.39, 0.29) is 11.5 Å². The summed E-state index contributed by atoms with van der Waals surface area (Å²) in [7, 11) is 3.40. The fraction of sp³-hybridized carbons (Fsp3) is 0.500. The monoisotopic (exact) mass is 269 g/mol. The molecule has 1 aromatic carbocycles. The number of hydrogen-bond donors (Lipinski definition) is 1. The van der Waals surface area contributed by atoms with Gasteiger partial charge in [0, 0.05) is 32.1 Å². The number of rotatable bonds is 6. The molecule has 0 heterocycles. The third kappa shape index (κ3) is 4.87. The maximum atomic E-state index is 13.5. The largest absolute Gasteiger partial charge is 0.493 e. The van der Waals surface area contributed by atoms with E-state index < -0.39 is 11.9 Å². The maximum absolute atomic E-state index is 13.5. The van der Waals surface area contributed by atoms with E-state index in [4.69, 9.17) is 4.74 Å². The minimum atomic E-state index is -0.841. The van der Waals surface area contributed by atoms with Gasteiger partial charge in [-0.25, -0.2) is 4.39 Å². The van der Waals surface area contributed by atoms with Crippen molar-refractivity contribution in [2.45, 2.75) is 25.9 Å². The highest BCUT2D eigenvalue weighted by Crippen LogP contribution is 2.21. The number of aliphatic hydroxyl groups excluding tert-OH is 1. The normalized spacial score (nSPS) is 12.1. The zero-order valence-corrected chi connectivity index (χ0v) is 11.5. The van der Waals surface area contributed by atoms with E-state index in [0.717, 1.165) is 0 Å². The Kier molecular flexibility index (Phi) is 5.76. The van der Waals surface area contributed by atoms with Gasteiger partial charge in [0.15, 0.2) is 0 Å². The van der Waals surface area contributed by atoms with E-state index in [0.29, 0.717) is 25.2 Å². The first-order valence-corrected chi connectivity index (χ1v) is 6.22. The molecule has 0 spiro atoms. The molecular formula is C14H20FNO3. The van der Waals surface area contributed by atoms with Crippen LogP contribution in [0.2, 0.25) is 0 Å². The van der Waals surface area contributed by atoms with Gasteiger partial charge >= 0.3 is 0 Å². The van der Waals surface area contributed by atoms with Crippen LogP contribution >= 0.6 is 0 Å². The summed E-state index contributed by atoms with van der Waals surface area (Å²) < 4.78 is 18.9. The van der Waals surface area contributed by atoms with E-state index in [1.807, 2.05) is 0 Å². The summed E-state index contributed by atoms with van der Waals surface area (Å²) in [6, 6.07) is 4.36. The highest BCUT2D eigenvalue weighted by atomic mass is 19.1. The Hall–Kier alpha value is -1.62. The first-order valence-electron chi connectivity index (χ1n) is 6.22. The number of benzene rings is 1. The van der Waals surface area contributed by atoms with E-state index in [1.54, 1.807) is 20.2 Å². The minimum absolute atomic E-state index is 0.0410. The minimum Gasteiger partial charge on any atom is -0.493 e. The molecule has 0 bridgehead atoms. The molecule has 0 aromatic heterocycles. The number of carbonyl (C=O) groups is 1. The van der Waals surface area contributed by atoms with Crippen molar-refractivity contribution in [2.24, 2.45) is 0 Å². The van der Waals surface area contributed by atoms with Crippen LogP contribution < -0.4 is 4.74 Å². The first kappa shape index (κ1) is 15.4. The predicted octanol–water partition coefficient (Wildman–Crippen LogP) is 2.13. The van der Waals surface area contributed by atoms with Crippen molar-refractivity contribution in [1.82, 2.24) is 4.90 Å². The van der Waals surface area contributed by atoms with Crippen LogP contribution in [0.1, 0.15) is 31.4 Å². The molecule has 0 aliphatic rings. The molecule has 1 aromatic rings. The summed E-state index contributed by atoms with van der Waals surface area (Å²) in [6.45, 7) is 1.86. The molecule has 1 atom stereocenters. The van der Waals surface area contributed by atoms with E-state index in [1.165, 1.54) is 24.0 Å². The van der Waals surface area contributed by atoms with Crippen LogP contribution in [-0.4, -0.2) is 36.6 Å². The summed E-state index contributed by atoms with van der Waals surface area (Å²) >= 11 is 0. The Morgan fingerprint density at radius 2 is 2.16 bits per heavy atom. The van der Waals surface area contributed by atoms with Crippen LogP contribution in [0.3, 0.4) is 0 Å². The number of aliphatic hydroxyl groups is 1. The van der Waals surface area contributed by atoms with Gasteiger partial charge in [0.25, 0.3) is 0 Å². The van der Waals surface area contributed by atoms with Gasteiger partial charge in [0.2, 0.25) is 5.91 Å². The average molecular weight is 269 g/mol. The Labute approximate surface area is 112 Å². The number of halogens is 1. The van der Waals surface area contributed by atoms with E-state index in [9.17, 15) is 14.3 Å². The van der Waals surface area contributed by atoms with Crippen molar-refractivity contribution >= 4 is 5.91 Å². The number of carbonyl (C=O) groups excluding carboxylic acids is 1. The molecule has 0 radical (unpaired) electrons.